The van der Waals surface area contributed by atoms with Gasteiger partial charge in [0.05, 0.1) is 12.5 Å². The van der Waals surface area contributed by atoms with E-state index in [1.165, 1.54) is 0 Å². The largest absolute Gasteiger partial charge is 0.395 e. The second kappa shape index (κ2) is 7.25. The average molecular weight is 266 g/mol. The van der Waals surface area contributed by atoms with Gasteiger partial charge in [-0.2, -0.15) is 0 Å². The molecular formula is C13H22N4O2. The molecule has 1 aliphatic heterocycles. The number of carbonyl (C=O) groups is 1. The molecule has 1 saturated heterocycles. The zero-order valence-corrected chi connectivity index (χ0v) is 11.1. The van der Waals surface area contributed by atoms with Crippen LogP contribution in [-0.2, 0) is 11.2 Å². The minimum absolute atomic E-state index is 0.0527. The van der Waals surface area contributed by atoms with Gasteiger partial charge < -0.3 is 20.3 Å². The first-order valence-corrected chi connectivity index (χ1v) is 6.89. The van der Waals surface area contributed by atoms with Crippen molar-refractivity contribution in [1.82, 2.24) is 20.2 Å². The molecule has 6 nitrogen and oxygen atoms in total. The highest BCUT2D eigenvalue weighted by Crippen LogP contribution is 2.16. The summed E-state index contributed by atoms with van der Waals surface area (Å²) in [6.07, 6.45) is 6.19. The van der Waals surface area contributed by atoms with E-state index < -0.39 is 0 Å². The van der Waals surface area contributed by atoms with E-state index in [0.29, 0.717) is 13.1 Å². The van der Waals surface area contributed by atoms with E-state index in [4.69, 9.17) is 5.11 Å². The molecule has 19 heavy (non-hydrogen) atoms. The smallest absolute Gasteiger partial charge is 0.224 e. The Morgan fingerprint density at radius 1 is 1.63 bits per heavy atom. The fraction of sp³-hybridized carbons (Fsp3) is 0.692. The standard InChI is InChI=1S/C13H22N4O2/c18-9-8-17-7-1-2-11(10-17)13(19)16-4-3-12-14-5-6-15-12/h5-6,11,18H,1-4,7-10H2,(H,14,15)(H,16,19). The Bertz CT molecular complexity index is 378. The van der Waals surface area contributed by atoms with Gasteiger partial charge in [0.1, 0.15) is 5.82 Å². The molecule has 106 valence electrons. The van der Waals surface area contributed by atoms with E-state index in [2.05, 4.69) is 20.2 Å². The van der Waals surface area contributed by atoms with Crippen LogP contribution in [0, 0.1) is 5.92 Å². The monoisotopic (exact) mass is 266 g/mol. The maximum absolute atomic E-state index is 12.0. The normalized spacial score (nSPS) is 20.4. The van der Waals surface area contributed by atoms with Crippen molar-refractivity contribution in [3.05, 3.63) is 18.2 Å². The van der Waals surface area contributed by atoms with Crippen LogP contribution < -0.4 is 5.32 Å². The predicted octanol–water partition coefficient (Wildman–Crippen LogP) is -0.227. The van der Waals surface area contributed by atoms with E-state index in [1.807, 2.05) is 0 Å². The molecule has 1 atom stereocenters. The summed E-state index contributed by atoms with van der Waals surface area (Å²) in [5.41, 5.74) is 0. The molecule has 0 spiro atoms. The summed E-state index contributed by atoms with van der Waals surface area (Å²) in [5.74, 6) is 1.07. The molecule has 6 heteroatoms. The van der Waals surface area contributed by atoms with Crippen molar-refractivity contribution in [3.8, 4) is 0 Å². The van der Waals surface area contributed by atoms with Crippen LogP contribution >= 0.6 is 0 Å². The fourth-order valence-corrected chi connectivity index (χ4v) is 2.50. The van der Waals surface area contributed by atoms with E-state index in [1.54, 1.807) is 12.4 Å². The van der Waals surface area contributed by atoms with Crippen molar-refractivity contribution < 1.29 is 9.90 Å². The number of β-amino-alcohol motifs (C(OH)–C–C–N with tert-alkyl or cyclic N) is 1. The number of nitrogens with one attached hydrogen (secondary N) is 2. The van der Waals surface area contributed by atoms with Crippen LogP contribution in [0.4, 0.5) is 0 Å². The number of rotatable bonds is 6. The van der Waals surface area contributed by atoms with Crippen LogP contribution in [0.25, 0.3) is 0 Å². The van der Waals surface area contributed by atoms with Crippen molar-refractivity contribution >= 4 is 5.91 Å². The van der Waals surface area contributed by atoms with Crippen LogP contribution in [-0.4, -0.2) is 58.7 Å². The second-order valence-electron chi connectivity index (χ2n) is 4.94. The van der Waals surface area contributed by atoms with Crippen LogP contribution in [0.5, 0.6) is 0 Å². The molecule has 2 rings (SSSR count). The van der Waals surface area contributed by atoms with Gasteiger partial charge >= 0.3 is 0 Å². The molecule has 0 radical (unpaired) electrons. The van der Waals surface area contributed by atoms with Gasteiger partial charge in [0, 0.05) is 38.4 Å². The van der Waals surface area contributed by atoms with Gasteiger partial charge in [-0.3, -0.25) is 4.79 Å². The Hall–Kier alpha value is -1.40. The molecule has 0 aliphatic carbocycles. The van der Waals surface area contributed by atoms with E-state index in [0.717, 1.165) is 38.2 Å². The molecule has 3 N–H and O–H groups in total. The molecule has 1 aromatic rings. The van der Waals surface area contributed by atoms with Gasteiger partial charge in [-0.25, -0.2) is 4.98 Å². The van der Waals surface area contributed by atoms with Crippen molar-refractivity contribution in [2.75, 3.05) is 32.8 Å². The van der Waals surface area contributed by atoms with Gasteiger partial charge in [-0.1, -0.05) is 0 Å². The van der Waals surface area contributed by atoms with Crippen molar-refractivity contribution in [2.24, 2.45) is 5.92 Å². The van der Waals surface area contributed by atoms with Crippen molar-refractivity contribution in [1.29, 1.82) is 0 Å². The number of aromatic nitrogens is 2. The van der Waals surface area contributed by atoms with Crippen LogP contribution in [0.3, 0.4) is 0 Å². The zero-order chi connectivity index (χ0) is 13.5. The van der Waals surface area contributed by atoms with Crippen molar-refractivity contribution in [2.45, 2.75) is 19.3 Å². The summed E-state index contributed by atoms with van der Waals surface area (Å²) in [4.78, 5) is 21.3. The number of piperidine rings is 1. The number of imidazole rings is 1. The summed E-state index contributed by atoms with van der Waals surface area (Å²) in [7, 11) is 0. The lowest BCUT2D eigenvalue weighted by molar-refractivity contribution is -0.126. The number of H-pyrrole nitrogens is 1. The predicted molar refractivity (Wildman–Crippen MR) is 71.6 cm³/mol. The Balaban J connectivity index is 1.70. The zero-order valence-electron chi connectivity index (χ0n) is 11.1. The highest BCUT2D eigenvalue weighted by atomic mass is 16.3. The van der Waals surface area contributed by atoms with Crippen LogP contribution in [0.15, 0.2) is 12.4 Å². The summed E-state index contributed by atoms with van der Waals surface area (Å²) in [5, 5.41) is 11.9. The Kier molecular flexibility index (Phi) is 5.35. The van der Waals surface area contributed by atoms with Gasteiger partial charge in [0.2, 0.25) is 5.91 Å². The van der Waals surface area contributed by atoms with E-state index >= 15 is 0 Å². The molecule has 0 aromatic carbocycles. The highest BCUT2D eigenvalue weighted by Gasteiger charge is 2.24. The summed E-state index contributed by atoms with van der Waals surface area (Å²) < 4.78 is 0. The van der Waals surface area contributed by atoms with Gasteiger partial charge in [0.15, 0.2) is 0 Å². The minimum Gasteiger partial charge on any atom is -0.395 e. The third kappa shape index (κ3) is 4.33. The molecule has 0 bridgehead atoms. The minimum atomic E-state index is 0.0527. The third-order valence-electron chi connectivity index (χ3n) is 3.51. The number of carbonyl (C=O) groups excluding carboxylic acids is 1. The first-order valence-electron chi connectivity index (χ1n) is 6.89. The molecule has 1 aromatic heterocycles. The maximum Gasteiger partial charge on any atom is 0.224 e. The molecule has 1 aliphatic rings. The Morgan fingerprint density at radius 2 is 2.53 bits per heavy atom. The molecule has 0 saturated carbocycles. The summed E-state index contributed by atoms with van der Waals surface area (Å²) in [6, 6.07) is 0. The van der Waals surface area contributed by atoms with Crippen LogP contribution in [0.2, 0.25) is 0 Å². The van der Waals surface area contributed by atoms with Crippen LogP contribution in [0.1, 0.15) is 18.7 Å². The number of hydrogen-bond donors (Lipinski definition) is 3. The number of likely N-dealkylation sites (tertiary alicyclic amines) is 1. The second-order valence-corrected chi connectivity index (χ2v) is 4.94. The number of amides is 1. The van der Waals surface area contributed by atoms with Gasteiger partial charge in [0.25, 0.3) is 0 Å². The van der Waals surface area contributed by atoms with Gasteiger partial charge in [-0.05, 0) is 19.4 Å². The lowest BCUT2D eigenvalue weighted by atomic mass is 9.97. The molecular weight excluding hydrogens is 244 g/mol. The number of aliphatic hydroxyl groups excluding tert-OH is 1. The number of aromatic amines is 1. The molecule has 1 amide bonds. The Labute approximate surface area is 113 Å². The maximum atomic E-state index is 12.0. The lowest BCUT2D eigenvalue weighted by Gasteiger charge is -2.31. The van der Waals surface area contributed by atoms with E-state index in [9.17, 15) is 4.79 Å². The lowest BCUT2D eigenvalue weighted by Crippen LogP contribution is -2.44. The first kappa shape index (κ1) is 14.0. The highest BCUT2D eigenvalue weighted by molar-refractivity contribution is 5.78. The van der Waals surface area contributed by atoms with E-state index in [-0.39, 0.29) is 18.4 Å². The average Bonchev–Trinajstić information content (AvgIpc) is 2.92. The number of hydrogen-bond acceptors (Lipinski definition) is 4. The number of nitrogens with zero attached hydrogens (tertiary/aromatic N) is 2. The Morgan fingerprint density at radius 3 is 3.26 bits per heavy atom. The molecule has 1 unspecified atom stereocenters. The SMILES string of the molecule is O=C(NCCc1ncc[nH]1)C1CCCN(CCO)C1. The first-order chi connectivity index (χ1) is 9.29. The molecule has 1 fully saturated rings. The fourth-order valence-electron chi connectivity index (χ4n) is 2.50. The summed E-state index contributed by atoms with van der Waals surface area (Å²) in [6.45, 7) is 3.18. The third-order valence-corrected chi connectivity index (χ3v) is 3.51. The quantitative estimate of drug-likeness (QED) is 0.664. The topological polar surface area (TPSA) is 81.2 Å². The van der Waals surface area contributed by atoms with Gasteiger partial charge in [-0.15, -0.1) is 0 Å². The van der Waals surface area contributed by atoms with Crippen molar-refractivity contribution in [3.63, 3.8) is 0 Å². The molecule has 2 heterocycles. The number of aliphatic hydroxyl groups is 1. The summed E-state index contributed by atoms with van der Waals surface area (Å²) >= 11 is 0.